The Morgan fingerprint density at radius 1 is 0.800 bits per heavy atom. The zero-order valence-corrected chi connectivity index (χ0v) is 11.5. The van der Waals surface area contributed by atoms with Crippen LogP contribution in [0.25, 0.3) is 0 Å². The van der Waals surface area contributed by atoms with Crippen molar-refractivity contribution in [1.29, 1.82) is 0 Å². The van der Waals surface area contributed by atoms with Crippen LogP contribution in [0.2, 0.25) is 0 Å². The van der Waals surface area contributed by atoms with Crippen molar-refractivity contribution in [2.24, 2.45) is 10.8 Å². The highest BCUT2D eigenvalue weighted by molar-refractivity contribution is 6.02. The van der Waals surface area contributed by atoms with Gasteiger partial charge >= 0.3 is 12.4 Å². The number of carbonyl (C=O) groups is 2. The van der Waals surface area contributed by atoms with Crippen LogP contribution in [0.3, 0.4) is 0 Å². The lowest BCUT2D eigenvalue weighted by Crippen LogP contribution is -2.41. The van der Waals surface area contributed by atoms with Crippen LogP contribution in [-0.4, -0.2) is 23.9 Å². The average molecular weight is 306 g/mol. The molecule has 0 saturated heterocycles. The van der Waals surface area contributed by atoms with Crippen molar-refractivity contribution in [1.82, 2.24) is 0 Å². The standard InChI is InChI=1S/C12H16F6O2/c1-9(2,11(13,14)15)6-7(19)5-8(20)10(3,4)12(16,17)18/h5-6H2,1-4H3. The topological polar surface area (TPSA) is 34.1 Å². The van der Waals surface area contributed by atoms with Crippen LogP contribution >= 0.6 is 0 Å². The number of hydrogen-bond acceptors (Lipinski definition) is 2. The Bertz CT molecular complexity index is 390. The molecule has 0 heterocycles. The minimum atomic E-state index is -4.86. The fraction of sp³-hybridized carbons (Fsp3) is 0.833. The Kier molecular flexibility index (Phi) is 5.08. The van der Waals surface area contributed by atoms with E-state index >= 15 is 0 Å². The summed E-state index contributed by atoms with van der Waals surface area (Å²) in [6.45, 7) is 2.70. The van der Waals surface area contributed by atoms with Gasteiger partial charge in [0.2, 0.25) is 0 Å². The molecule has 2 nitrogen and oxygen atoms in total. The summed E-state index contributed by atoms with van der Waals surface area (Å²) in [6.07, 6.45) is -11.7. The van der Waals surface area contributed by atoms with Crippen LogP contribution in [0.5, 0.6) is 0 Å². The average Bonchev–Trinajstić information content (AvgIpc) is 2.12. The quantitative estimate of drug-likeness (QED) is 0.566. The Morgan fingerprint density at radius 3 is 1.50 bits per heavy atom. The minimum Gasteiger partial charge on any atom is -0.299 e. The van der Waals surface area contributed by atoms with Gasteiger partial charge in [-0.25, -0.2) is 0 Å². The molecule has 0 saturated carbocycles. The largest absolute Gasteiger partial charge is 0.400 e. The third-order valence-electron chi connectivity index (χ3n) is 3.17. The first-order valence-corrected chi connectivity index (χ1v) is 5.71. The van der Waals surface area contributed by atoms with Crippen LogP contribution in [0.15, 0.2) is 0 Å². The summed E-state index contributed by atoms with van der Waals surface area (Å²) in [5.41, 5.74) is -5.14. The summed E-state index contributed by atoms with van der Waals surface area (Å²) < 4.78 is 75.3. The van der Waals surface area contributed by atoms with Gasteiger partial charge < -0.3 is 0 Å². The molecule has 0 spiro atoms. The fourth-order valence-corrected chi connectivity index (χ4v) is 1.21. The molecule has 0 fully saturated rings. The summed E-state index contributed by atoms with van der Waals surface area (Å²) >= 11 is 0. The van der Waals surface area contributed by atoms with Gasteiger partial charge in [0.1, 0.15) is 11.2 Å². The second-order valence-electron chi connectivity index (χ2n) is 5.82. The van der Waals surface area contributed by atoms with E-state index in [0.717, 1.165) is 13.8 Å². The SMILES string of the molecule is CC(C)(CC(=O)CC(=O)C(C)(C)C(F)(F)F)C(F)(F)F. The van der Waals surface area contributed by atoms with Crippen molar-refractivity contribution in [3.8, 4) is 0 Å². The van der Waals surface area contributed by atoms with E-state index in [0.29, 0.717) is 13.8 Å². The molecule has 0 aromatic rings. The first-order valence-electron chi connectivity index (χ1n) is 5.71. The Labute approximate surface area is 112 Å². The van der Waals surface area contributed by atoms with Crippen LogP contribution in [-0.2, 0) is 9.59 Å². The summed E-state index contributed by atoms with van der Waals surface area (Å²) in [5.74, 6) is -2.59. The van der Waals surface area contributed by atoms with Crippen LogP contribution in [0, 0.1) is 10.8 Å². The highest BCUT2D eigenvalue weighted by atomic mass is 19.4. The normalized spacial score (nSPS) is 14.3. The molecule has 20 heavy (non-hydrogen) atoms. The van der Waals surface area contributed by atoms with E-state index in [1.807, 2.05) is 0 Å². The molecular weight excluding hydrogens is 290 g/mol. The molecule has 0 rings (SSSR count). The molecule has 0 bridgehead atoms. The van der Waals surface area contributed by atoms with E-state index in [-0.39, 0.29) is 0 Å². The summed E-state index contributed by atoms with van der Waals surface area (Å²) in [4.78, 5) is 22.8. The van der Waals surface area contributed by atoms with Crippen molar-refractivity contribution in [2.75, 3.05) is 0 Å². The Morgan fingerprint density at radius 2 is 1.20 bits per heavy atom. The van der Waals surface area contributed by atoms with E-state index < -0.39 is 47.6 Å². The molecule has 8 heteroatoms. The predicted octanol–water partition coefficient (Wildman–Crippen LogP) is 4.08. The zero-order valence-electron chi connectivity index (χ0n) is 11.5. The van der Waals surface area contributed by atoms with Gasteiger partial charge in [0, 0.05) is 6.42 Å². The van der Waals surface area contributed by atoms with E-state index in [1.54, 1.807) is 0 Å². The first-order chi connectivity index (χ1) is 8.52. The van der Waals surface area contributed by atoms with Gasteiger partial charge in [-0.2, -0.15) is 26.3 Å². The summed E-state index contributed by atoms with van der Waals surface area (Å²) in [7, 11) is 0. The van der Waals surface area contributed by atoms with Crippen LogP contribution < -0.4 is 0 Å². The number of ketones is 2. The Balaban J connectivity index is 4.86. The van der Waals surface area contributed by atoms with E-state index in [4.69, 9.17) is 0 Å². The van der Waals surface area contributed by atoms with Gasteiger partial charge in [0.05, 0.1) is 11.8 Å². The number of rotatable bonds is 5. The van der Waals surface area contributed by atoms with Gasteiger partial charge in [-0.15, -0.1) is 0 Å². The lowest BCUT2D eigenvalue weighted by Gasteiger charge is -2.28. The molecule has 0 aromatic heterocycles. The second-order valence-corrected chi connectivity index (χ2v) is 5.82. The maximum atomic E-state index is 12.5. The zero-order chi connectivity index (χ0) is 16.6. The molecule has 118 valence electrons. The highest BCUT2D eigenvalue weighted by Crippen LogP contribution is 2.42. The minimum absolute atomic E-state index is 0.595. The monoisotopic (exact) mass is 306 g/mol. The number of carbonyl (C=O) groups excluding carboxylic acids is 2. The van der Waals surface area contributed by atoms with Crippen LogP contribution in [0.1, 0.15) is 40.5 Å². The summed E-state index contributed by atoms with van der Waals surface area (Å²) in [6, 6.07) is 0. The van der Waals surface area contributed by atoms with Crippen molar-refractivity contribution in [3.05, 3.63) is 0 Å². The fourth-order valence-electron chi connectivity index (χ4n) is 1.21. The molecule has 0 N–H and O–H groups in total. The molecule has 0 aliphatic carbocycles. The Hall–Kier alpha value is -1.08. The highest BCUT2D eigenvalue weighted by Gasteiger charge is 2.53. The lowest BCUT2D eigenvalue weighted by atomic mass is 9.81. The molecule has 0 atom stereocenters. The van der Waals surface area contributed by atoms with E-state index in [9.17, 15) is 35.9 Å². The van der Waals surface area contributed by atoms with E-state index in [1.165, 1.54) is 0 Å². The van der Waals surface area contributed by atoms with Gasteiger partial charge in [0.25, 0.3) is 0 Å². The number of alkyl halides is 6. The van der Waals surface area contributed by atoms with Gasteiger partial charge in [-0.3, -0.25) is 9.59 Å². The van der Waals surface area contributed by atoms with Crippen molar-refractivity contribution in [3.63, 3.8) is 0 Å². The number of halogens is 6. The van der Waals surface area contributed by atoms with Crippen LogP contribution in [0.4, 0.5) is 26.3 Å². The molecular formula is C12H16F6O2. The second kappa shape index (κ2) is 5.37. The summed E-state index contributed by atoms with van der Waals surface area (Å²) in [5, 5.41) is 0. The van der Waals surface area contributed by atoms with Gasteiger partial charge in [-0.1, -0.05) is 13.8 Å². The van der Waals surface area contributed by atoms with E-state index in [2.05, 4.69) is 0 Å². The van der Waals surface area contributed by atoms with Crippen molar-refractivity contribution in [2.45, 2.75) is 52.9 Å². The molecule has 0 radical (unpaired) electrons. The maximum Gasteiger partial charge on any atom is 0.400 e. The predicted molar refractivity (Wildman–Crippen MR) is 58.9 cm³/mol. The van der Waals surface area contributed by atoms with Crippen molar-refractivity contribution >= 4 is 11.6 Å². The molecule has 0 unspecified atom stereocenters. The molecule has 0 aliphatic heterocycles. The third kappa shape index (κ3) is 4.21. The van der Waals surface area contributed by atoms with Crippen molar-refractivity contribution < 1.29 is 35.9 Å². The van der Waals surface area contributed by atoms with Gasteiger partial charge in [0.15, 0.2) is 5.78 Å². The maximum absolute atomic E-state index is 12.5. The molecule has 0 aromatic carbocycles. The number of hydrogen-bond donors (Lipinski definition) is 0. The van der Waals surface area contributed by atoms with Gasteiger partial charge in [-0.05, 0) is 13.8 Å². The molecule has 0 aliphatic rings. The third-order valence-corrected chi connectivity index (χ3v) is 3.17. The smallest absolute Gasteiger partial charge is 0.299 e. The molecule has 0 amide bonds. The lowest BCUT2D eigenvalue weighted by molar-refractivity contribution is -0.215. The first kappa shape index (κ1) is 18.9. The number of Topliss-reactive ketones (excluding diaryl/α,β-unsaturated/α-hetero) is 2.